The fraction of sp³-hybridized carbons (Fsp3) is 0.688. The third kappa shape index (κ3) is 5.74. The van der Waals surface area contributed by atoms with Gasteiger partial charge in [-0.1, -0.05) is 0 Å². The fourth-order valence-electron chi connectivity index (χ4n) is 2.56. The highest BCUT2D eigenvalue weighted by Crippen LogP contribution is 2.20. The molecule has 1 aromatic heterocycles. The summed E-state index contributed by atoms with van der Waals surface area (Å²) >= 11 is 0. The molecule has 2 rings (SSSR count). The number of hydrogen-bond acceptors (Lipinski definition) is 5. The molecule has 7 heteroatoms. The quantitative estimate of drug-likeness (QED) is 0.774. The molecule has 0 atom stereocenters. The maximum absolute atomic E-state index is 12.8. The number of carbonyl (C=O) groups is 1. The van der Waals surface area contributed by atoms with Gasteiger partial charge in [-0.25, -0.2) is 14.4 Å². The zero-order valence-electron chi connectivity index (χ0n) is 13.8. The van der Waals surface area contributed by atoms with Crippen LogP contribution >= 0.6 is 0 Å². The molecular formula is C16H25FN4O2. The Balaban J connectivity index is 1.67. The van der Waals surface area contributed by atoms with Crippen LogP contribution in [0.1, 0.15) is 33.1 Å². The van der Waals surface area contributed by atoms with E-state index in [9.17, 15) is 9.18 Å². The van der Waals surface area contributed by atoms with E-state index in [2.05, 4.69) is 15.3 Å². The van der Waals surface area contributed by atoms with Crippen LogP contribution in [0.5, 0.6) is 0 Å². The molecule has 0 aliphatic carbocycles. The molecule has 1 aliphatic heterocycles. The molecule has 23 heavy (non-hydrogen) atoms. The second kappa shape index (κ2) is 8.76. The Morgan fingerprint density at radius 2 is 2.04 bits per heavy atom. The summed E-state index contributed by atoms with van der Waals surface area (Å²) in [5.41, 5.74) is 0. The summed E-state index contributed by atoms with van der Waals surface area (Å²) in [7, 11) is 0. The van der Waals surface area contributed by atoms with Crippen LogP contribution in [0.4, 0.5) is 10.3 Å². The zero-order chi connectivity index (χ0) is 16.7. The summed E-state index contributed by atoms with van der Waals surface area (Å²) in [6.07, 6.45) is 4.90. The van der Waals surface area contributed by atoms with Gasteiger partial charge < -0.3 is 15.0 Å². The van der Waals surface area contributed by atoms with Gasteiger partial charge in [-0.2, -0.15) is 0 Å². The molecule has 0 bridgehead atoms. The second-order valence-electron chi connectivity index (χ2n) is 6.03. The van der Waals surface area contributed by atoms with Gasteiger partial charge in [0.05, 0.1) is 18.5 Å². The summed E-state index contributed by atoms with van der Waals surface area (Å²) in [6, 6.07) is 0. The fourth-order valence-corrected chi connectivity index (χ4v) is 2.56. The molecule has 1 N–H and O–H groups in total. The highest BCUT2D eigenvalue weighted by atomic mass is 19.1. The van der Waals surface area contributed by atoms with Crippen molar-refractivity contribution in [2.24, 2.45) is 5.92 Å². The SMILES string of the molecule is CC(C)OCCCNC(=O)C1CCN(c2ncc(F)cn2)CC1. The zero-order valence-corrected chi connectivity index (χ0v) is 13.8. The van der Waals surface area contributed by atoms with Gasteiger partial charge in [0.1, 0.15) is 0 Å². The minimum Gasteiger partial charge on any atom is -0.379 e. The van der Waals surface area contributed by atoms with Crippen molar-refractivity contribution in [2.75, 3.05) is 31.1 Å². The van der Waals surface area contributed by atoms with E-state index in [0.29, 0.717) is 32.2 Å². The van der Waals surface area contributed by atoms with Crippen LogP contribution in [0.3, 0.4) is 0 Å². The van der Waals surface area contributed by atoms with Crippen molar-refractivity contribution in [1.29, 1.82) is 0 Å². The van der Waals surface area contributed by atoms with Crippen molar-refractivity contribution in [1.82, 2.24) is 15.3 Å². The van der Waals surface area contributed by atoms with Crippen molar-refractivity contribution in [3.05, 3.63) is 18.2 Å². The minimum atomic E-state index is -0.440. The van der Waals surface area contributed by atoms with Crippen molar-refractivity contribution in [3.63, 3.8) is 0 Å². The van der Waals surface area contributed by atoms with Gasteiger partial charge in [-0.15, -0.1) is 0 Å². The highest BCUT2D eigenvalue weighted by Gasteiger charge is 2.25. The lowest BCUT2D eigenvalue weighted by atomic mass is 9.96. The Morgan fingerprint density at radius 3 is 2.65 bits per heavy atom. The molecule has 0 saturated carbocycles. The number of hydrogen-bond donors (Lipinski definition) is 1. The van der Waals surface area contributed by atoms with Gasteiger partial charge in [0.25, 0.3) is 0 Å². The molecule has 0 radical (unpaired) electrons. The Labute approximate surface area is 136 Å². The molecule has 0 aromatic carbocycles. The Kier molecular flexibility index (Phi) is 6.70. The standard InChI is InChI=1S/C16H25FN4O2/c1-12(2)23-9-3-6-18-15(22)13-4-7-21(8-5-13)16-19-10-14(17)11-20-16/h10-13H,3-9H2,1-2H3,(H,18,22). The van der Waals surface area contributed by atoms with Crippen molar-refractivity contribution in [3.8, 4) is 0 Å². The molecule has 2 heterocycles. The minimum absolute atomic E-state index is 0.0257. The second-order valence-corrected chi connectivity index (χ2v) is 6.03. The first-order valence-corrected chi connectivity index (χ1v) is 8.18. The van der Waals surface area contributed by atoms with Crippen LogP contribution in [0.15, 0.2) is 12.4 Å². The van der Waals surface area contributed by atoms with Gasteiger partial charge in [0.2, 0.25) is 11.9 Å². The van der Waals surface area contributed by atoms with Crippen LogP contribution in [-0.2, 0) is 9.53 Å². The van der Waals surface area contributed by atoms with Crippen LogP contribution < -0.4 is 10.2 Å². The monoisotopic (exact) mass is 324 g/mol. The largest absolute Gasteiger partial charge is 0.379 e. The molecule has 128 valence electrons. The van der Waals surface area contributed by atoms with Crippen molar-refractivity contribution < 1.29 is 13.9 Å². The molecule has 0 unspecified atom stereocenters. The van der Waals surface area contributed by atoms with Crippen LogP contribution in [0.25, 0.3) is 0 Å². The first kappa shape index (κ1) is 17.6. The lowest BCUT2D eigenvalue weighted by molar-refractivity contribution is -0.125. The number of nitrogens with zero attached hydrogens (tertiary/aromatic N) is 3. The molecule has 1 amide bonds. The molecule has 0 spiro atoms. The molecule has 1 saturated heterocycles. The van der Waals surface area contributed by atoms with Gasteiger partial charge in [-0.3, -0.25) is 4.79 Å². The number of ether oxygens (including phenoxy) is 1. The molecule has 6 nitrogen and oxygen atoms in total. The number of anilines is 1. The number of aromatic nitrogens is 2. The number of carbonyl (C=O) groups excluding carboxylic acids is 1. The number of halogens is 1. The third-order valence-electron chi connectivity index (χ3n) is 3.83. The van der Waals surface area contributed by atoms with Crippen molar-refractivity contribution >= 4 is 11.9 Å². The predicted molar refractivity (Wildman–Crippen MR) is 85.6 cm³/mol. The maximum atomic E-state index is 12.8. The average molecular weight is 324 g/mol. The predicted octanol–water partition coefficient (Wildman–Crippen LogP) is 1.76. The van der Waals surface area contributed by atoms with E-state index >= 15 is 0 Å². The summed E-state index contributed by atoms with van der Waals surface area (Å²) in [5.74, 6) is 0.215. The molecule has 1 fully saturated rings. The summed E-state index contributed by atoms with van der Waals surface area (Å²) in [5, 5.41) is 2.97. The van der Waals surface area contributed by atoms with E-state index in [4.69, 9.17) is 4.74 Å². The number of piperidine rings is 1. The van der Waals surface area contributed by atoms with E-state index in [-0.39, 0.29) is 17.9 Å². The Bertz CT molecular complexity index is 487. The Hall–Kier alpha value is -1.76. The maximum Gasteiger partial charge on any atom is 0.225 e. The van der Waals surface area contributed by atoms with Gasteiger partial charge in [0, 0.05) is 32.2 Å². The molecule has 1 aromatic rings. The van der Waals surface area contributed by atoms with E-state index in [0.717, 1.165) is 19.3 Å². The Morgan fingerprint density at radius 1 is 1.39 bits per heavy atom. The first-order chi connectivity index (χ1) is 11.1. The van der Waals surface area contributed by atoms with Gasteiger partial charge >= 0.3 is 0 Å². The normalized spacial score (nSPS) is 15.9. The topological polar surface area (TPSA) is 67.3 Å². The summed E-state index contributed by atoms with van der Waals surface area (Å²) < 4.78 is 18.3. The average Bonchev–Trinajstić information content (AvgIpc) is 2.55. The number of amides is 1. The summed E-state index contributed by atoms with van der Waals surface area (Å²) in [6.45, 7) is 6.72. The van der Waals surface area contributed by atoms with Crippen molar-refractivity contribution in [2.45, 2.75) is 39.2 Å². The van der Waals surface area contributed by atoms with Crippen LogP contribution in [0.2, 0.25) is 0 Å². The van der Waals surface area contributed by atoms with E-state index < -0.39 is 5.82 Å². The lowest BCUT2D eigenvalue weighted by Gasteiger charge is -2.31. The first-order valence-electron chi connectivity index (χ1n) is 8.18. The van der Waals surface area contributed by atoms with Crippen LogP contribution in [0, 0.1) is 11.7 Å². The van der Waals surface area contributed by atoms with E-state index in [1.807, 2.05) is 18.7 Å². The smallest absolute Gasteiger partial charge is 0.225 e. The van der Waals surface area contributed by atoms with E-state index in [1.54, 1.807) is 0 Å². The van der Waals surface area contributed by atoms with E-state index in [1.165, 1.54) is 12.4 Å². The lowest BCUT2D eigenvalue weighted by Crippen LogP contribution is -2.41. The molecule has 1 aliphatic rings. The summed E-state index contributed by atoms with van der Waals surface area (Å²) in [4.78, 5) is 22.1. The third-order valence-corrected chi connectivity index (χ3v) is 3.83. The number of nitrogens with one attached hydrogen (secondary N) is 1. The van der Waals surface area contributed by atoms with Gasteiger partial charge in [-0.05, 0) is 33.1 Å². The van der Waals surface area contributed by atoms with Crippen LogP contribution in [-0.4, -0.2) is 48.2 Å². The number of rotatable bonds is 7. The van der Waals surface area contributed by atoms with Gasteiger partial charge in [0.15, 0.2) is 5.82 Å². The molecular weight excluding hydrogens is 299 g/mol. The highest BCUT2D eigenvalue weighted by molar-refractivity contribution is 5.78.